The molecule has 2 rings (SSSR count). The van der Waals surface area contributed by atoms with E-state index in [1.165, 1.54) is 0 Å². The van der Waals surface area contributed by atoms with Gasteiger partial charge in [-0.1, -0.05) is 30.3 Å². The Balaban J connectivity index is 2.16. The number of nitrogens with zero attached hydrogens (tertiary/aromatic N) is 3. The maximum atomic E-state index is 12.1. The first-order chi connectivity index (χ1) is 9.58. The molecule has 7 nitrogen and oxygen atoms in total. The normalized spacial score (nSPS) is 12.3. The summed E-state index contributed by atoms with van der Waals surface area (Å²) in [6.45, 7) is 0.654. The Morgan fingerprint density at radius 1 is 1.35 bits per heavy atom. The van der Waals surface area contributed by atoms with Gasteiger partial charge in [-0.25, -0.2) is 4.63 Å². The van der Waals surface area contributed by atoms with Gasteiger partial charge in [-0.15, -0.1) is 0 Å². The van der Waals surface area contributed by atoms with Crippen molar-refractivity contribution < 1.29 is 9.42 Å². The molecule has 1 unspecified atom stereocenters. The molecule has 0 spiro atoms. The third-order valence-electron chi connectivity index (χ3n) is 2.78. The number of aromatic nitrogens is 2. The summed E-state index contributed by atoms with van der Waals surface area (Å²) in [5, 5.41) is 9.79. The number of anilines is 1. The lowest BCUT2D eigenvalue weighted by Crippen LogP contribution is -2.35. The monoisotopic (exact) mass is 275 g/mol. The number of nitrogen functional groups attached to an aromatic ring is 1. The van der Waals surface area contributed by atoms with E-state index in [-0.39, 0.29) is 17.6 Å². The highest BCUT2D eigenvalue weighted by Gasteiger charge is 2.21. The number of amides is 1. The number of nitrogens with one attached hydrogen (secondary N) is 1. The van der Waals surface area contributed by atoms with Crippen molar-refractivity contribution in [3.63, 3.8) is 0 Å². The summed E-state index contributed by atoms with van der Waals surface area (Å²) in [7, 11) is 3.88. The lowest BCUT2D eigenvalue weighted by molar-refractivity contribution is 0.0920. The molecule has 1 heterocycles. The van der Waals surface area contributed by atoms with Gasteiger partial charge in [0.1, 0.15) is 0 Å². The highest BCUT2D eigenvalue weighted by atomic mass is 16.6. The van der Waals surface area contributed by atoms with Gasteiger partial charge in [-0.2, -0.15) is 0 Å². The molecule has 0 fully saturated rings. The molecule has 106 valence electrons. The van der Waals surface area contributed by atoms with Crippen molar-refractivity contribution in [2.75, 3.05) is 26.4 Å². The van der Waals surface area contributed by atoms with Gasteiger partial charge in [-0.3, -0.25) is 4.79 Å². The van der Waals surface area contributed by atoms with Crippen molar-refractivity contribution >= 4 is 11.7 Å². The Morgan fingerprint density at radius 2 is 2.05 bits per heavy atom. The molecule has 7 heteroatoms. The highest BCUT2D eigenvalue weighted by molar-refractivity contribution is 5.96. The predicted molar refractivity (Wildman–Crippen MR) is 73.9 cm³/mol. The Kier molecular flexibility index (Phi) is 4.31. The van der Waals surface area contributed by atoms with Gasteiger partial charge in [0.15, 0.2) is 0 Å². The molecule has 0 aliphatic heterocycles. The predicted octanol–water partition coefficient (Wildman–Crippen LogP) is 0.684. The van der Waals surface area contributed by atoms with E-state index < -0.39 is 5.91 Å². The van der Waals surface area contributed by atoms with Crippen LogP contribution in [0.2, 0.25) is 0 Å². The van der Waals surface area contributed by atoms with Crippen LogP contribution >= 0.6 is 0 Å². The minimum atomic E-state index is -0.403. The van der Waals surface area contributed by atoms with Crippen LogP contribution in [0.25, 0.3) is 0 Å². The zero-order valence-electron chi connectivity index (χ0n) is 11.4. The molecule has 0 bridgehead atoms. The van der Waals surface area contributed by atoms with Crippen LogP contribution in [-0.4, -0.2) is 41.8 Å². The molecule has 0 saturated heterocycles. The number of nitrogens with two attached hydrogens (primary N) is 1. The summed E-state index contributed by atoms with van der Waals surface area (Å²) in [6.07, 6.45) is 0. The molecule has 0 saturated carbocycles. The van der Waals surface area contributed by atoms with Crippen LogP contribution in [0, 0.1) is 0 Å². The molecule has 0 aliphatic carbocycles. The zero-order valence-corrected chi connectivity index (χ0v) is 11.4. The van der Waals surface area contributed by atoms with Crippen LogP contribution in [0.4, 0.5) is 5.82 Å². The fourth-order valence-electron chi connectivity index (χ4n) is 1.86. The molecule has 3 N–H and O–H groups in total. The molecule has 20 heavy (non-hydrogen) atoms. The Morgan fingerprint density at radius 3 is 2.60 bits per heavy atom. The Bertz CT molecular complexity index is 567. The number of likely N-dealkylation sites (N-methyl/N-ethyl adjacent to an activating group) is 1. The van der Waals surface area contributed by atoms with E-state index in [4.69, 9.17) is 5.73 Å². The molecule has 1 aromatic carbocycles. The van der Waals surface area contributed by atoms with E-state index in [2.05, 4.69) is 20.3 Å². The van der Waals surface area contributed by atoms with Gasteiger partial charge in [0.05, 0.1) is 6.04 Å². The molecule has 1 atom stereocenters. The van der Waals surface area contributed by atoms with E-state index in [9.17, 15) is 4.79 Å². The first kappa shape index (κ1) is 14.0. The SMILES string of the molecule is CN(C)CC(NC(=O)c1nonc1N)c1ccccc1. The van der Waals surface area contributed by atoms with Crippen LogP contribution in [-0.2, 0) is 0 Å². The van der Waals surface area contributed by atoms with Gasteiger partial charge in [-0.05, 0) is 30.0 Å². The van der Waals surface area contributed by atoms with Gasteiger partial charge < -0.3 is 16.0 Å². The largest absolute Gasteiger partial charge is 0.379 e. The average Bonchev–Trinajstić information content (AvgIpc) is 2.85. The average molecular weight is 275 g/mol. The third kappa shape index (κ3) is 3.33. The second kappa shape index (κ2) is 6.16. The summed E-state index contributed by atoms with van der Waals surface area (Å²) in [5.41, 5.74) is 6.53. The van der Waals surface area contributed by atoms with Crippen LogP contribution in [0.1, 0.15) is 22.1 Å². The minimum Gasteiger partial charge on any atom is -0.379 e. The topological polar surface area (TPSA) is 97.3 Å². The van der Waals surface area contributed by atoms with E-state index in [0.717, 1.165) is 5.56 Å². The first-order valence-electron chi connectivity index (χ1n) is 6.16. The number of hydrogen-bond donors (Lipinski definition) is 2. The number of hydrogen-bond acceptors (Lipinski definition) is 6. The van der Waals surface area contributed by atoms with Crippen molar-refractivity contribution in [1.29, 1.82) is 0 Å². The lowest BCUT2D eigenvalue weighted by Gasteiger charge is -2.22. The maximum absolute atomic E-state index is 12.1. The molecular formula is C13H17N5O2. The molecule has 1 amide bonds. The Hall–Kier alpha value is -2.41. The van der Waals surface area contributed by atoms with Gasteiger partial charge in [0, 0.05) is 6.54 Å². The van der Waals surface area contributed by atoms with Crippen LogP contribution in [0.3, 0.4) is 0 Å². The second-order valence-electron chi connectivity index (χ2n) is 4.70. The second-order valence-corrected chi connectivity index (χ2v) is 4.70. The summed E-state index contributed by atoms with van der Waals surface area (Å²) in [6, 6.07) is 9.52. The minimum absolute atomic E-state index is 0.00434. The van der Waals surface area contributed by atoms with Crippen molar-refractivity contribution in [3.8, 4) is 0 Å². The van der Waals surface area contributed by atoms with Gasteiger partial charge >= 0.3 is 0 Å². The van der Waals surface area contributed by atoms with Gasteiger partial charge in [0.25, 0.3) is 5.91 Å². The third-order valence-corrected chi connectivity index (χ3v) is 2.78. The van der Waals surface area contributed by atoms with Crippen LogP contribution < -0.4 is 11.1 Å². The highest BCUT2D eigenvalue weighted by Crippen LogP contribution is 2.15. The molecule has 1 aromatic heterocycles. The number of carbonyl (C=O) groups is 1. The maximum Gasteiger partial charge on any atom is 0.277 e. The fourth-order valence-corrected chi connectivity index (χ4v) is 1.86. The molecule has 2 aromatic rings. The number of carbonyl (C=O) groups excluding carboxylic acids is 1. The van der Waals surface area contributed by atoms with E-state index >= 15 is 0 Å². The summed E-state index contributed by atoms with van der Waals surface area (Å²) in [5.74, 6) is -0.418. The first-order valence-corrected chi connectivity index (χ1v) is 6.16. The Labute approximate surface area is 116 Å². The van der Waals surface area contributed by atoms with Crippen molar-refractivity contribution in [3.05, 3.63) is 41.6 Å². The quantitative estimate of drug-likeness (QED) is 0.833. The van der Waals surface area contributed by atoms with E-state index in [0.29, 0.717) is 6.54 Å². The number of rotatable bonds is 5. The van der Waals surface area contributed by atoms with E-state index in [1.54, 1.807) is 0 Å². The van der Waals surface area contributed by atoms with E-state index in [1.807, 2.05) is 49.3 Å². The van der Waals surface area contributed by atoms with Crippen LogP contribution in [0.15, 0.2) is 35.0 Å². The van der Waals surface area contributed by atoms with Crippen molar-refractivity contribution in [2.45, 2.75) is 6.04 Å². The standard InChI is InChI=1S/C13H17N5O2/c1-18(2)8-10(9-6-4-3-5-7-9)15-13(19)11-12(14)17-20-16-11/h3-7,10H,8H2,1-2H3,(H2,14,17)(H,15,19). The molecule has 0 aliphatic rings. The zero-order chi connectivity index (χ0) is 14.5. The fraction of sp³-hybridized carbons (Fsp3) is 0.308. The number of benzene rings is 1. The van der Waals surface area contributed by atoms with Crippen LogP contribution in [0.5, 0.6) is 0 Å². The van der Waals surface area contributed by atoms with Crippen molar-refractivity contribution in [2.24, 2.45) is 0 Å². The molecular weight excluding hydrogens is 258 g/mol. The van der Waals surface area contributed by atoms with Gasteiger partial charge in [0.2, 0.25) is 11.5 Å². The van der Waals surface area contributed by atoms with Crippen molar-refractivity contribution in [1.82, 2.24) is 20.5 Å². The lowest BCUT2D eigenvalue weighted by atomic mass is 10.1. The summed E-state index contributed by atoms with van der Waals surface area (Å²) in [4.78, 5) is 14.1. The smallest absolute Gasteiger partial charge is 0.277 e. The summed E-state index contributed by atoms with van der Waals surface area (Å²) < 4.78 is 4.44. The summed E-state index contributed by atoms with van der Waals surface area (Å²) >= 11 is 0. The molecule has 0 radical (unpaired) electrons.